The van der Waals surface area contributed by atoms with Gasteiger partial charge in [-0.25, -0.2) is 4.98 Å². The second kappa shape index (κ2) is 7.19. The van der Waals surface area contributed by atoms with Crippen molar-refractivity contribution in [1.29, 1.82) is 0 Å². The number of rotatable bonds is 4. The third kappa shape index (κ3) is 3.73. The fraction of sp³-hybridized carbons (Fsp3) is 0.500. The van der Waals surface area contributed by atoms with Crippen molar-refractivity contribution in [3.05, 3.63) is 46.7 Å². The van der Waals surface area contributed by atoms with E-state index >= 15 is 0 Å². The molecular formula is C18H21N3O3S. The molecule has 2 aliphatic rings. The molecule has 0 bridgehead atoms. The Bertz CT molecular complexity index is 700. The zero-order valence-electron chi connectivity index (χ0n) is 14.0. The van der Waals surface area contributed by atoms with Crippen LogP contribution in [0.4, 0.5) is 0 Å². The van der Waals surface area contributed by atoms with E-state index in [4.69, 9.17) is 9.47 Å². The summed E-state index contributed by atoms with van der Waals surface area (Å²) >= 11 is 1.45. The minimum Gasteiger partial charge on any atom is -0.372 e. The van der Waals surface area contributed by atoms with Crippen molar-refractivity contribution in [2.45, 2.75) is 37.6 Å². The van der Waals surface area contributed by atoms with Gasteiger partial charge in [0.1, 0.15) is 5.69 Å². The van der Waals surface area contributed by atoms with E-state index in [-0.39, 0.29) is 17.6 Å². The third-order valence-corrected chi connectivity index (χ3v) is 5.61. The molecule has 2 aromatic rings. The van der Waals surface area contributed by atoms with Crippen molar-refractivity contribution < 1.29 is 14.3 Å². The first-order valence-electron chi connectivity index (χ1n) is 8.56. The van der Waals surface area contributed by atoms with Crippen LogP contribution in [-0.2, 0) is 16.1 Å². The number of thiazole rings is 1. The SMILES string of the molecule is O=C(c1cscn1)N1CCC2(CC1)C[C@H](OCc1ccncc1)CO2. The Morgan fingerprint density at radius 3 is 2.88 bits per heavy atom. The number of nitrogens with zero attached hydrogens (tertiary/aromatic N) is 3. The van der Waals surface area contributed by atoms with E-state index in [2.05, 4.69) is 9.97 Å². The van der Waals surface area contributed by atoms with Gasteiger partial charge in [0.25, 0.3) is 5.91 Å². The molecule has 2 aromatic heterocycles. The Labute approximate surface area is 150 Å². The molecule has 0 unspecified atom stereocenters. The van der Waals surface area contributed by atoms with Gasteiger partial charge in [-0.05, 0) is 30.5 Å². The summed E-state index contributed by atoms with van der Waals surface area (Å²) in [5.74, 6) is 0.0274. The van der Waals surface area contributed by atoms with Crippen LogP contribution < -0.4 is 0 Å². The normalized spacial score (nSPS) is 22.4. The molecule has 2 saturated heterocycles. The lowest BCUT2D eigenvalue weighted by molar-refractivity contribution is -0.0413. The Morgan fingerprint density at radius 2 is 2.16 bits per heavy atom. The van der Waals surface area contributed by atoms with Crippen LogP contribution in [0.1, 0.15) is 35.3 Å². The van der Waals surface area contributed by atoms with Crippen LogP contribution in [0.25, 0.3) is 0 Å². The Kier molecular flexibility index (Phi) is 4.78. The molecule has 1 amide bonds. The second-order valence-corrected chi connectivity index (χ2v) is 7.37. The summed E-state index contributed by atoms with van der Waals surface area (Å²) in [6, 6.07) is 3.93. The van der Waals surface area contributed by atoms with E-state index in [0.29, 0.717) is 32.0 Å². The van der Waals surface area contributed by atoms with E-state index in [1.165, 1.54) is 11.3 Å². The zero-order valence-corrected chi connectivity index (χ0v) is 14.8. The summed E-state index contributed by atoms with van der Waals surface area (Å²) < 4.78 is 12.1. The third-order valence-electron chi connectivity index (χ3n) is 5.02. The molecule has 4 heterocycles. The summed E-state index contributed by atoms with van der Waals surface area (Å²) in [6.07, 6.45) is 6.29. The number of piperidine rings is 1. The molecule has 0 aliphatic carbocycles. The van der Waals surface area contributed by atoms with E-state index in [1.54, 1.807) is 17.9 Å². The molecule has 0 N–H and O–H groups in total. The van der Waals surface area contributed by atoms with Crippen LogP contribution in [0.15, 0.2) is 35.4 Å². The zero-order chi connectivity index (χ0) is 17.1. The number of ether oxygens (including phenoxy) is 2. The van der Waals surface area contributed by atoms with Crippen molar-refractivity contribution in [2.24, 2.45) is 0 Å². The summed E-state index contributed by atoms with van der Waals surface area (Å²) in [5, 5.41) is 1.81. The molecule has 1 spiro atoms. The highest BCUT2D eigenvalue weighted by molar-refractivity contribution is 7.07. The lowest BCUT2D eigenvalue weighted by atomic mass is 9.88. The van der Waals surface area contributed by atoms with Crippen LogP contribution in [0.5, 0.6) is 0 Å². The van der Waals surface area contributed by atoms with E-state index in [1.807, 2.05) is 22.4 Å². The first-order chi connectivity index (χ1) is 12.2. The smallest absolute Gasteiger partial charge is 0.273 e. The molecular weight excluding hydrogens is 338 g/mol. The number of hydrogen-bond acceptors (Lipinski definition) is 6. The number of hydrogen-bond donors (Lipinski definition) is 0. The maximum absolute atomic E-state index is 12.4. The number of amides is 1. The Morgan fingerprint density at radius 1 is 1.36 bits per heavy atom. The predicted octanol–water partition coefficient (Wildman–Crippen LogP) is 2.52. The largest absolute Gasteiger partial charge is 0.372 e. The Hall–Kier alpha value is -1.83. The predicted molar refractivity (Wildman–Crippen MR) is 93.4 cm³/mol. The molecule has 0 aromatic carbocycles. The van der Waals surface area contributed by atoms with E-state index < -0.39 is 0 Å². The first kappa shape index (κ1) is 16.6. The minimum absolute atomic E-state index is 0.0274. The van der Waals surface area contributed by atoms with Crippen molar-refractivity contribution in [3.63, 3.8) is 0 Å². The van der Waals surface area contributed by atoms with Gasteiger partial charge in [-0.1, -0.05) is 0 Å². The molecule has 7 heteroatoms. The fourth-order valence-electron chi connectivity index (χ4n) is 3.55. The summed E-state index contributed by atoms with van der Waals surface area (Å²) in [7, 11) is 0. The quantitative estimate of drug-likeness (QED) is 0.839. The van der Waals surface area contributed by atoms with Gasteiger partial charge in [-0.3, -0.25) is 9.78 Å². The second-order valence-electron chi connectivity index (χ2n) is 6.65. The number of carbonyl (C=O) groups is 1. The van der Waals surface area contributed by atoms with Gasteiger partial charge < -0.3 is 14.4 Å². The van der Waals surface area contributed by atoms with Gasteiger partial charge in [0.2, 0.25) is 0 Å². The molecule has 2 aliphatic heterocycles. The summed E-state index contributed by atoms with van der Waals surface area (Å²) in [5.41, 5.74) is 3.23. The van der Waals surface area contributed by atoms with Crippen molar-refractivity contribution in [2.75, 3.05) is 19.7 Å². The Balaban J connectivity index is 1.28. The number of aromatic nitrogens is 2. The lowest BCUT2D eigenvalue weighted by Gasteiger charge is -2.38. The molecule has 4 rings (SSSR count). The molecule has 25 heavy (non-hydrogen) atoms. The van der Waals surface area contributed by atoms with Gasteiger partial charge >= 0.3 is 0 Å². The maximum atomic E-state index is 12.4. The fourth-order valence-corrected chi connectivity index (χ4v) is 4.07. The van der Waals surface area contributed by atoms with Crippen molar-refractivity contribution in [1.82, 2.24) is 14.9 Å². The molecule has 6 nitrogen and oxygen atoms in total. The van der Waals surface area contributed by atoms with Gasteiger partial charge in [-0.2, -0.15) is 0 Å². The first-order valence-corrected chi connectivity index (χ1v) is 9.50. The molecule has 2 fully saturated rings. The maximum Gasteiger partial charge on any atom is 0.273 e. The molecule has 0 saturated carbocycles. The average Bonchev–Trinajstić information content (AvgIpc) is 3.32. The van der Waals surface area contributed by atoms with Crippen LogP contribution in [0, 0.1) is 0 Å². The highest BCUT2D eigenvalue weighted by Crippen LogP contribution is 2.37. The van der Waals surface area contributed by atoms with Gasteiger partial charge in [0.05, 0.1) is 30.4 Å². The van der Waals surface area contributed by atoms with E-state index in [9.17, 15) is 4.79 Å². The standard InChI is InChI=1S/C18H21N3O3S/c22-17(16-12-25-13-20-16)21-7-3-18(4-8-21)9-15(11-24-18)23-10-14-1-5-19-6-2-14/h1-2,5-6,12-13,15H,3-4,7-11H2/t15-/m0/s1. The van der Waals surface area contributed by atoms with Gasteiger partial charge in [0, 0.05) is 37.3 Å². The van der Waals surface area contributed by atoms with Crippen molar-refractivity contribution >= 4 is 17.2 Å². The highest BCUT2D eigenvalue weighted by atomic mass is 32.1. The van der Waals surface area contributed by atoms with Crippen LogP contribution in [0.2, 0.25) is 0 Å². The lowest BCUT2D eigenvalue weighted by Crippen LogP contribution is -2.46. The molecule has 0 radical (unpaired) electrons. The van der Waals surface area contributed by atoms with Crippen LogP contribution >= 0.6 is 11.3 Å². The van der Waals surface area contributed by atoms with Gasteiger partial charge in [0.15, 0.2) is 0 Å². The number of pyridine rings is 1. The topological polar surface area (TPSA) is 64.6 Å². The van der Waals surface area contributed by atoms with Crippen molar-refractivity contribution in [3.8, 4) is 0 Å². The van der Waals surface area contributed by atoms with Gasteiger partial charge in [-0.15, -0.1) is 11.3 Å². The summed E-state index contributed by atoms with van der Waals surface area (Å²) in [6.45, 7) is 2.65. The van der Waals surface area contributed by atoms with Crippen LogP contribution in [-0.4, -0.2) is 52.2 Å². The minimum atomic E-state index is -0.137. The highest BCUT2D eigenvalue weighted by Gasteiger charge is 2.44. The summed E-state index contributed by atoms with van der Waals surface area (Å²) in [4.78, 5) is 22.4. The molecule has 1 atom stereocenters. The molecule has 132 valence electrons. The van der Waals surface area contributed by atoms with E-state index in [0.717, 1.165) is 24.8 Å². The average molecular weight is 359 g/mol. The number of carbonyl (C=O) groups excluding carboxylic acids is 1. The monoisotopic (exact) mass is 359 g/mol. The number of likely N-dealkylation sites (tertiary alicyclic amines) is 1. The van der Waals surface area contributed by atoms with Crippen LogP contribution in [0.3, 0.4) is 0 Å².